The molecule has 0 saturated carbocycles. The summed E-state index contributed by atoms with van der Waals surface area (Å²) in [5.74, 6) is -0.618. The molecular formula is C13H14N2O2S. The fraction of sp³-hybridized carbons (Fsp3) is 0.308. The number of nitrogens with zero attached hydrogens (tertiary/aromatic N) is 1. The van der Waals surface area contributed by atoms with Crippen LogP contribution in [-0.2, 0) is 0 Å². The van der Waals surface area contributed by atoms with Crippen LogP contribution in [0.25, 0.3) is 0 Å². The molecule has 2 amide bonds. The molecule has 1 aromatic rings. The van der Waals surface area contributed by atoms with Crippen LogP contribution in [0.3, 0.4) is 0 Å². The van der Waals surface area contributed by atoms with Gasteiger partial charge in [-0.2, -0.15) is 0 Å². The minimum absolute atomic E-state index is 0.170. The van der Waals surface area contributed by atoms with Gasteiger partial charge in [-0.05, 0) is 25.5 Å². The molecule has 4 nitrogen and oxygen atoms in total. The molecule has 1 aliphatic rings. The van der Waals surface area contributed by atoms with Crippen molar-refractivity contribution in [3.8, 4) is 0 Å². The quantitative estimate of drug-likeness (QED) is 0.664. The van der Waals surface area contributed by atoms with E-state index >= 15 is 0 Å². The highest BCUT2D eigenvalue weighted by molar-refractivity contribution is 7.80. The maximum Gasteiger partial charge on any atom is 0.262 e. The zero-order chi connectivity index (χ0) is 13.4. The van der Waals surface area contributed by atoms with Gasteiger partial charge in [0.05, 0.1) is 22.2 Å². The summed E-state index contributed by atoms with van der Waals surface area (Å²) in [6.07, 6.45) is 0.528. The first-order valence-electron chi connectivity index (χ1n) is 5.75. The zero-order valence-corrected chi connectivity index (χ0v) is 11.1. The summed E-state index contributed by atoms with van der Waals surface area (Å²) in [4.78, 5) is 25.8. The molecular weight excluding hydrogens is 248 g/mol. The Labute approximate surface area is 111 Å². The highest BCUT2D eigenvalue weighted by atomic mass is 32.1. The molecule has 0 aliphatic carbocycles. The highest BCUT2D eigenvalue weighted by Crippen LogP contribution is 2.26. The van der Waals surface area contributed by atoms with Crippen LogP contribution >= 0.6 is 12.2 Å². The predicted molar refractivity (Wildman–Crippen MR) is 72.5 cm³/mol. The van der Waals surface area contributed by atoms with Gasteiger partial charge in [0.15, 0.2) is 0 Å². The number of thiocarbonyl (C=S) groups is 1. The Kier molecular flexibility index (Phi) is 3.17. The number of nitrogens with two attached hydrogens (primary N) is 1. The molecule has 1 aromatic carbocycles. The molecule has 1 aliphatic heterocycles. The SMILES string of the molecule is CCC(C(N)=S)N1C(=O)c2ccc(C)cc2C1=O. The third-order valence-electron chi connectivity index (χ3n) is 3.10. The van der Waals surface area contributed by atoms with Crippen molar-refractivity contribution in [3.05, 3.63) is 34.9 Å². The first kappa shape index (κ1) is 12.7. The van der Waals surface area contributed by atoms with Gasteiger partial charge in [0.1, 0.15) is 0 Å². The van der Waals surface area contributed by atoms with E-state index in [1.165, 1.54) is 4.90 Å². The topological polar surface area (TPSA) is 63.4 Å². The van der Waals surface area contributed by atoms with E-state index in [0.29, 0.717) is 17.5 Å². The van der Waals surface area contributed by atoms with E-state index in [2.05, 4.69) is 0 Å². The van der Waals surface area contributed by atoms with Gasteiger partial charge in [0.2, 0.25) is 0 Å². The summed E-state index contributed by atoms with van der Waals surface area (Å²) in [6.45, 7) is 3.73. The minimum Gasteiger partial charge on any atom is -0.392 e. The first-order valence-corrected chi connectivity index (χ1v) is 6.16. The summed E-state index contributed by atoms with van der Waals surface area (Å²) >= 11 is 4.93. The molecule has 2 rings (SSSR count). The van der Waals surface area contributed by atoms with Gasteiger partial charge in [-0.25, -0.2) is 0 Å². The number of carbonyl (C=O) groups excluding carboxylic acids is 2. The van der Waals surface area contributed by atoms with Gasteiger partial charge < -0.3 is 5.73 Å². The fourth-order valence-corrected chi connectivity index (χ4v) is 2.44. The molecule has 18 heavy (non-hydrogen) atoms. The average molecular weight is 262 g/mol. The van der Waals surface area contributed by atoms with Gasteiger partial charge in [0, 0.05) is 0 Å². The molecule has 1 atom stereocenters. The monoisotopic (exact) mass is 262 g/mol. The average Bonchev–Trinajstić information content (AvgIpc) is 2.55. The van der Waals surface area contributed by atoms with Gasteiger partial charge in [0.25, 0.3) is 11.8 Å². The van der Waals surface area contributed by atoms with Gasteiger partial charge >= 0.3 is 0 Å². The number of hydrogen-bond acceptors (Lipinski definition) is 3. The number of benzene rings is 1. The maximum absolute atomic E-state index is 12.3. The Morgan fingerprint density at radius 2 is 1.94 bits per heavy atom. The molecule has 94 valence electrons. The standard InChI is InChI=1S/C13H14N2O2S/c1-3-10(11(14)18)15-12(16)8-5-4-7(2)6-9(8)13(15)17/h4-6,10H,3H2,1-2H3,(H2,14,18). The summed E-state index contributed by atoms with van der Waals surface area (Å²) < 4.78 is 0. The van der Waals surface area contributed by atoms with Crippen molar-refractivity contribution < 1.29 is 9.59 Å². The normalized spacial score (nSPS) is 15.8. The summed E-state index contributed by atoms with van der Waals surface area (Å²) in [7, 11) is 0. The van der Waals surface area contributed by atoms with Crippen molar-refractivity contribution in [3.63, 3.8) is 0 Å². The van der Waals surface area contributed by atoms with Crippen LogP contribution in [0.15, 0.2) is 18.2 Å². The lowest BCUT2D eigenvalue weighted by atomic mass is 10.1. The summed E-state index contributed by atoms with van der Waals surface area (Å²) in [5.41, 5.74) is 7.42. The smallest absolute Gasteiger partial charge is 0.262 e. The van der Waals surface area contributed by atoms with Gasteiger partial charge in [-0.3, -0.25) is 14.5 Å². The lowest BCUT2D eigenvalue weighted by Crippen LogP contribution is -2.46. The first-order chi connectivity index (χ1) is 8.47. The van der Waals surface area contributed by atoms with Gasteiger partial charge in [-0.1, -0.05) is 30.8 Å². The van der Waals surface area contributed by atoms with Crippen LogP contribution in [-0.4, -0.2) is 27.7 Å². The summed E-state index contributed by atoms with van der Waals surface area (Å²) in [5, 5.41) is 0. The summed E-state index contributed by atoms with van der Waals surface area (Å²) in [6, 6.07) is 4.71. The molecule has 5 heteroatoms. The second-order valence-electron chi connectivity index (χ2n) is 4.36. The van der Waals surface area contributed by atoms with Crippen molar-refractivity contribution in [1.29, 1.82) is 0 Å². The molecule has 0 fully saturated rings. The van der Waals surface area contributed by atoms with Crippen molar-refractivity contribution in [2.45, 2.75) is 26.3 Å². The van der Waals surface area contributed by atoms with E-state index in [9.17, 15) is 9.59 Å². The predicted octanol–water partition coefficient (Wildman–Crippen LogP) is 1.66. The maximum atomic E-state index is 12.3. The Balaban J connectivity index is 2.48. The van der Waals surface area contributed by atoms with E-state index in [0.717, 1.165) is 5.56 Å². The van der Waals surface area contributed by atoms with Gasteiger partial charge in [-0.15, -0.1) is 0 Å². The second-order valence-corrected chi connectivity index (χ2v) is 4.83. The number of hydrogen-bond donors (Lipinski definition) is 1. The molecule has 1 heterocycles. The van der Waals surface area contributed by atoms with E-state index in [-0.39, 0.29) is 16.8 Å². The molecule has 0 saturated heterocycles. The van der Waals surface area contributed by atoms with Crippen molar-refractivity contribution >= 4 is 29.0 Å². The number of amides is 2. The Hall–Kier alpha value is -1.75. The number of carbonyl (C=O) groups is 2. The van der Waals surface area contributed by atoms with Crippen LogP contribution in [0.4, 0.5) is 0 Å². The van der Waals surface area contributed by atoms with Crippen LogP contribution in [0.1, 0.15) is 39.6 Å². The van der Waals surface area contributed by atoms with Crippen LogP contribution in [0.5, 0.6) is 0 Å². The number of fused-ring (bicyclic) bond motifs is 1. The number of aryl methyl sites for hydroxylation is 1. The second kappa shape index (κ2) is 4.49. The van der Waals surface area contributed by atoms with E-state index in [4.69, 9.17) is 18.0 Å². The lowest BCUT2D eigenvalue weighted by molar-refractivity contribution is 0.0624. The third-order valence-corrected chi connectivity index (χ3v) is 3.37. The van der Waals surface area contributed by atoms with Crippen molar-refractivity contribution in [2.75, 3.05) is 0 Å². The van der Waals surface area contributed by atoms with E-state index < -0.39 is 6.04 Å². The Morgan fingerprint density at radius 3 is 2.50 bits per heavy atom. The fourth-order valence-electron chi connectivity index (χ4n) is 2.17. The molecule has 0 bridgehead atoms. The number of rotatable bonds is 3. The number of imide groups is 1. The van der Waals surface area contributed by atoms with Crippen LogP contribution in [0.2, 0.25) is 0 Å². The molecule has 2 N–H and O–H groups in total. The highest BCUT2D eigenvalue weighted by Gasteiger charge is 2.40. The largest absolute Gasteiger partial charge is 0.392 e. The molecule has 0 aromatic heterocycles. The van der Waals surface area contributed by atoms with E-state index in [1.807, 2.05) is 19.9 Å². The van der Waals surface area contributed by atoms with Crippen LogP contribution < -0.4 is 5.73 Å². The minimum atomic E-state index is -0.507. The molecule has 0 spiro atoms. The Bertz CT molecular complexity index is 554. The van der Waals surface area contributed by atoms with Crippen molar-refractivity contribution in [1.82, 2.24) is 4.90 Å². The lowest BCUT2D eigenvalue weighted by Gasteiger charge is -2.23. The van der Waals surface area contributed by atoms with E-state index in [1.54, 1.807) is 12.1 Å². The van der Waals surface area contributed by atoms with Crippen molar-refractivity contribution in [2.24, 2.45) is 5.73 Å². The molecule has 1 unspecified atom stereocenters. The molecule has 0 radical (unpaired) electrons. The third kappa shape index (κ3) is 1.80. The van der Waals surface area contributed by atoms with Crippen LogP contribution in [0, 0.1) is 6.92 Å². The zero-order valence-electron chi connectivity index (χ0n) is 10.3. The Morgan fingerprint density at radius 1 is 1.33 bits per heavy atom.